The van der Waals surface area contributed by atoms with Gasteiger partial charge in [-0.1, -0.05) is 51.1 Å². The van der Waals surface area contributed by atoms with Crippen molar-refractivity contribution in [2.24, 2.45) is 4.99 Å². The maximum atomic E-state index is 5.85. The van der Waals surface area contributed by atoms with E-state index < -0.39 is 0 Å². The summed E-state index contributed by atoms with van der Waals surface area (Å²) in [5, 5.41) is 6.65. The Balaban J connectivity index is 0.00000300. The summed E-state index contributed by atoms with van der Waals surface area (Å²) in [4.78, 5) is 9.04. The van der Waals surface area contributed by atoms with Crippen LogP contribution < -0.4 is 10.6 Å². The molecule has 0 amide bonds. The highest BCUT2D eigenvalue weighted by atomic mass is 127. The summed E-state index contributed by atoms with van der Waals surface area (Å²) in [7, 11) is 0. The van der Waals surface area contributed by atoms with E-state index in [1.165, 1.54) is 0 Å². The van der Waals surface area contributed by atoms with Crippen LogP contribution in [0.1, 0.15) is 43.7 Å². The van der Waals surface area contributed by atoms with Crippen LogP contribution in [0.25, 0.3) is 0 Å². The third-order valence-corrected chi connectivity index (χ3v) is 4.21. The van der Waals surface area contributed by atoms with E-state index in [4.69, 9.17) is 8.83 Å². The summed E-state index contributed by atoms with van der Waals surface area (Å²) >= 11 is 0. The fourth-order valence-corrected chi connectivity index (χ4v) is 2.59. The molecule has 0 saturated heterocycles. The first-order chi connectivity index (χ1) is 13.5. The molecule has 2 aromatic heterocycles. The second kappa shape index (κ2) is 11.0. The number of rotatable bonds is 7. The van der Waals surface area contributed by atoms with Gasteiger partial charge in [-0.15, -0.1) is 24.0 Å². The zero-order valence-corrected chi connectivity index (χ0v) is 19.5. The Labute approximate surface area is 189 Å². The fraction of sp³-hybridized carbons (Fsp3) is 0.364. The Morgan fingerprint density at radius 1 is 1.07 bits per heavy atom. The van der Waals surface area contributed by atoms with Crippen LogP contribution in [0.2, 0.25) is 0 Å². The van der Waals surface area contributed by atoms with Crippen molar-refractivity contribution in [1.29, 1.82) is 0 Å². The van der Waals surface area contributed by atoms with Crippen LogP contribution in [-0.4, -0.2) is 17.5 Å². The monoisotopic (exact) mass is 508 g/mol. The first-order valence-electron chi connectivity index (χ1n) is 9.54. The molecule has 29 heavy (non-hydrogen) atoms. The van der Waals surface area contributed by atoms with E-state index >= 15 is 0 Å². The fourth-order valence-electron chi connectivity index (χ4n) is 2.59. The van der Waals surface area contributed by atoms with Crippen LogP contribution >= 0.6 is 24.0 Å². The number of benzene rings is 1. The molecule has 0 aliphatic carbocycles. The van der Waals surface area contributed by atoms with Crippen molar-refractivity contribution < 1.29 is 8.83 Å². The largest absolute Gasteiger partial charge is 0.469 e. The SMILES string of the molecule is CC(C)(C)c1cnc(CNC(=NCc2ccccc2)NCCc2ccco2)o1.I. The van der Waals surface area contributed by atoms with Gasteiger partial charge >= 0.3 is 0 Å². The van der Waals surface area contributed by atoms with Crippen molar-refractivity contribution in [3.05, 3.63) is 77.9 Å². The highest BCUT2D eigenvalue weighted by Crippen LogP contribution is 2.22. The molecule has 6 nitrogen and oxygen atoms in total. The summed E-state index contributed by atoms with van der Waals surface area (Å²) in [5.41, 5.74) is 1.09. The van der Waals surface area contributed by atoms with E-state index in [2.05, 4.69) is 53.5 Å². The number of aliphatic imine (C=N–C) groups is 1. The molecule has 0 bridgehead atoms. The van der Waals surface area contributed by atoms with E-state index in [-0.39, 0.29) is 29.4 Å². The number of oxazole rings is 1. The maximum Gasteiger partial charge on any atom is 0.213 e. The second-order valence-electron chi connectivity index (χ2n) is 7.63. The Hall–Kier alpha value is -2.29. The summed E-state index contributed by atoms with van der Waals surface area (Å²) in [6.07, 6.45) is 4.27. The zero-order chi connectivity index (χ0) is 19.8. The molecule has 0 atom stereocenters. The van der Waals surface area contributed by atoms with Gasteiger partial charge in [0.2, 0.25) is 5.89 Å². The lowest BCUT2D eigenvalue weighted by molar-refractivity contribution is 0.379. The highest BCUT2D eigenvalue weighted by Gasteiger charge is 2.19. The minimum atomic E-state index is -0.0588. The predicted octanol–water partition coefficient (Wildman–Crippen LogP) is 4.66. The van der Waals surface area contributed by atoms with Crippen LogP contribution in [0.3, 0.4) is 0 Å². The zero-order valence-electron chi connectivity index (χ0n) is 17.1. The normalized spacial score (nSPS) is 11.8. The molecule has 0 unspecified atom stereocenters. The van der Waals surface area contributed by atoms with Crippen LogP contribution in [-0.2, 0) is 24.9 Å². The van der Waals surface area contributed by atoms with E-state index in [0.29, 0.717) is 31.5 Å². The van der Waals surface area contributed by atoms with Crippen molar-refractivity contribution in [2.75, 3.05) is 6.54 Å². The molecule has 0 aliphatic rings. The smallest absolute Gasteiger partial charge is 0.213 e. The lowest BCUT2D eigenvalue weighted by Gasteiger charge is -2.13. The molecule has 0 spiro atoms. The Bertz CT molecular complexity index is 868. The molecule has 156 valence electrons. The van der Waals surface area contributed by atoms with Gasteiger partial charge in [0.25, 0.3) is 0 Å². The molecule has 0 fully saturated rings. The molecule has 2 heterocycles. The molecule has 7 heteroatoms. The average molecular weight is 508 g/mol. The minimum absolute atomic E-state index is 0. The van der Waals surface area contributed by atoms with Crippen LogP contribution in [0.15, 0.2) is 68.8 Å². The average Bonchev–Trinajstić information content (AvgIpc) is 3.36. The van der Waals surface area contributed by atoms with Gasteiger partial charge in [0.15, 0.2) is 5.96 Å². The van der Waals surface area contributed by atoms with Crippen molar-refractivity contribution in [3.63, 3.8) is 0 Å². The number of aromatic nitrogens is 1. The highest BCUT2D eigenvalue weighted by molar-refractivity contribution is 14.0. The molecular weight excluding hydrogens is 479 g/mol. The summed E-state index contributed by atoms with van der Waals surface area (Å²) in [6.45, 7) is 8.09. The van der Waals surface area contributed by atoms with Crippen LogP contribution in [0.4, 0.5) is 0 Å². The molecule has 0 saturated carbocycles. The molecule has 2 N–H and O–H groups in total. The van der Waals surface area contributed by atoms with Gasteiger partial charge in [0.1, 0.15) is 11.5 Å². The first kappa shape index (κ1) is 23.0. The molecule has 3 rings (SSSR count). The Kier molecular flexibility index (Phi) is 8.75. The van der Waals surface area contributed by atoms with Gasteiger partial charge in [0, 0.05) is 18.4 Å². The third-order valence-electron chi connectivity index (χ3n) is 4.21. The lowest BCUT2D eigenvalue weighted by atomic mass is 9.94. The number of furan rings is 1. The van der Waals surface area contributed by atoms with Gasteiger partial charge in [-0.25, -0.2) is 9.98 Å². The molecule has 3 aromatic rings. The summed E-state index contributed by atoms with van der Waals surface area (Å²) in [5.74, 6) is 3.17. The number of nitrogens with one attached hydrogen (secondary N) is 2. The van der Waals surface area contributed by atoms with Crippen LogP contribution in [0, 0.1) is 0 Å². The summed E-state index contributed by atoms with van der Waals surface area (Å²) in [6, 6.07) is 14.0. The van der Waals surface area contributed by atoms with Gasteiger partial charge in [-0.3, -0.25) is 0 Å². The second-order valence-corrected chi connectivity index (χ2v) is 7.63. The maximum absolute atomic E-state index is 5.85. The first-order valence-corrected chi connectivity index (χ1v) is 9.54. The third kappa shape index (κ3) is 7.56. The Morgan fingerprint density at radius 2 is 1.86 bits per heavy atom. The van der Waals surface area contributed by atoms with E-state index in [0.717, 1.165) is 23.5 Å². The Morgan fingerprint density at radius 3 is 2.52 bits per heavy atom. The molecule has 0 aliphatic heterocycles. The van der Waals surface area contributed by atoms with Gasteiger partial charge in [-0.2, -0.15) is 0 Å². The standard InChI is InChI=1S/C22H28N4O2.HI/c1-22(2,3)19-15-24-20(28-19)16-26-21(23-12-11-18-10-7-13-27-18)25-14-17-8-5-4-6-9-17;/h4-10,13,15H,11-12,14,16H2,1-3H3,(H2,23,25,26);1H. The molecule has 0 radical (unpaired) electrons. The van der Waals surface area contributed by atoms with E-state index in [9.17, 15) is 0 Å². The van der Waals surface area contributed by atoms with Crippen molar-refractivity contribution in [3.8, 4) is 0 Å². The molecule has 1 aromatic carbocycles. The summed E-state index contributed by atoms with van der Waals surface area (Å²) < 4.78 is 11.2. The van der Waals surface area contributed by atoms with E-state index in [1.54, 1.807) is 12.5 Å². The number of nitrogens with zero attached hydrogens (tertiary/aromatic N) is 2. The molecular formula is C22H29IN4O2. The van der Waals surface area contributed by atoms with E-state index in [1.807, 2.05) is 30.3 Å². The number of hydrogen-bond donors (Lipinski definition) is 2. The lowest BCUT2D eigenvalue weighted by Crippen LogP contribution is -2.38. The number of hydrogen-bond acceptors (Lipinski definition) is 4. The van der Waals surface area contributed by atoms with Crippen molar-refractivity contribution in [2.45, 2.75) is 45.7 Å². The van der Waals surface area contributed by atoms with Gasteiger partial charge < -0.3 is 19.5 Å². The number of halogens is 1. The minimum Gasteiger partial charge on any atom is -0.469 e. The predicted molar refractivity (Wildman–Crippen MR) is 125 cm³/mol. The number of guanidine groups is 1. The quantitative estimate of drug-likeness (QED) is 0.276. The van der Waals surface area contributed by atoms with Crippen LogP contribution in [0.5, 0.6) is 0 Å². The van der Waals surface area contributed by atoms with Crippen molar-refractivity contribution in [1.82, 2.24) is 15.6 Å². The van der Waals surface area contributed by atoms with Gasteiger partial charge in [0.05, 0.1) is 25.5 Å². The van der Waals surface area contributed by atoms with Crippen molar-refractivity contribution >= 4 is 29.9 Å². The van der Waals surface area contributed by atoms with Gasteiger partial charge in [-0.05, 0) is 17.7 Å². The topological polar surface area (TPSA) is 75.6 Å².